The van der Waals surface area contributed by atoms with Gasteiger partial charge in [0.1, 0.15) is 0 Å². The Hall–Kier alpha value is -0.710. The summed E-state index contributed by atoms with van der Waals surface area (Å²) < 4.78 is 38.2. The Labute approximate surface area is 139 Å². The third kappa shape index (κ3) is 4.15. The zero-order valence-electron chi connectivity index (χ0n) is 10.6. The van der Waals surface area contributed by atoms with Crippen LogP contribution in [0.2, 0.25) is 5.02 Å². The van der Waals surface area contributed by atoms with Crippen molar-refractivity contribution in [3.63, 3.8) is 0 Å². The normalized spacial score (nSPS) is 13.2. The van der Waals surface area contributed by atoms with Crippen LogP contribution in [-0.4, -0.2) is 0 Å². The maximum Gasteiger partial charge on any atom is 0.416 e. The first kappa shape index (κ1) is 16.7. The third-order valence-electron chi connectivity index (χ3n) is 3.02. The summed E-state index contributed by atoms with van der Waals surface area (Å²) in [5, 5.41) is 0.108. The van der Waals surface area contributed by atoms with E-state index >= 15 is 0 Å². The first-order valence-corrected chi connectivity index (χ1v) is 7.64. The molecule has 0 bridgehead atoms. The molecule has 0 nitrogen and oxygen atoms in total. The Morgan fingerprint density at radius 3 is 2.24 bits per heavy atom. The van der Waals surface area contributed by atoms with Gasteiger partial charge in [-0.05, 0) is 51.7 Å². The molecule has 0 N–H and O–H groups in total. The second-order valence-electron chi connectivity index (χ2n) is 4.51. The van der Waals surface area contributed by atoms with Crippen molar-refractivity contribution in [3.8, 4) is 0 Å². The molecule has 0 fully saturated rings. The molecule has 1 atom stereocenters. The monoisotopic (exact) mass is 396 g/mol. The van der Waals surface area contributed by atoms with Gasteiger partial charge in [0.05, 0.1) is 16.0 Å². The molecule has 2 aromatic carbocycles. The molecule has 0 saturated carbocycles. The molecule has 2 rings (SSSR count). The topological polar surface area (TPSA) is 0 Å². The molecule has 0 aromatic heterocycles. The summed E-state index contributed by atoms with van der Waals surface area (Å²) in [4.78, 5) is 0. The molecule has 0 aliphatic rings. The molecular formula is C15H10BrCl2F3. The lowest BCUT2D eigenvalue weighted by atomic mass is 10.0. The molecule has 112 valence electrons. The summed E-state index contributed by atoms with van der Waals surface area (Å²) in [7, 11) is 0. The average molecular weight is 398 g/mol. The van der Waals surface area contributed by atoms with Crippen LogP contribution in [-0.2, 0) is 12.6 Å². The van der Waals surface area contributed by atoms with Crippen LogP contribution < -0.4 is 0 Å². The summed E-state index contributed by atoms with van der Waals surface area (Å²) in [5.41, 5.74) is 0.796. The minimum absolute atomic E-state index is 0.399. The second-order valence-corrected chi connectivity index (χ2v) is 6.27. The van der Waals surface area contributed by atoms with Crippen molar-refractivity contribution in [2.75, 3.05) is 0 Å². The molecule has 1 unspecified atom stereocenters. The van der Waals surface area contributed by atoms with Crippen molar-refractivity contribution >= 4 is 39.1 Å². The minimum Gasteiger partial charge on any atom is -0.166 e. The van der Waals surface area contributed by atoms with Crippen molar-refractivity contribution in [1.82, 2.24) is 0 Å². The van der Waals surface area contributed by atoms with E-state index in [1.807, 2.05) is 6.07 Å². The molecule has 2 aromatic rings. The SMILES string of the molecule is FC(F)(F)c1ccc(CC(Cl)c2cccc(Br)c2Cl)cc1. The number of hydrogen-bond acceptors (Lipinski definition) is 0. The highest BCUT2D eigenvalue weighted by atomic mass is 79.9. The lowest BCUT2D eigenvalue weighted by Gasteiger charge is -2.13. The Kier molecular flexibility index (Phi) is 5.23. The quantitative estimate of drug-likeness (QED) is 0.509. The van der Waals surface area contributed by atoms with E-state index in [4.69, 9.17) is 23.2 Å². The predicted octanol–water partition coefficient (Wildman–Crippen LogP) is 6.64. The number of halogens is 6. The summed E-state index contributed by atoms with van der Waals surface area (Å²) >= 11 is 15.8. The van der Waals surface area contributed by atoms with Gasteiger partial charge in [-0.15, -0.1) is 11.6 Å². The van der Waals surface area contributed by atoms with Gasteiger partial charge in [-0.25, -0.2) is 0 Å². The summed E-state index contributed by atoms with van der Waals surface area (Å²) in [6.07, 6.45) is -3.93. The average Bonchev–Trinajstić information content (AvgIpc) is 2.41. The van der Waals surface area contributed by atoms with E-state index in [9.17, 15) is 13.2 Å². The Bertz CT molecular complexity index is 624. The Balaban J connectivity index is 2.16. The standard InChI is InChI=1S/C15H10BrCl2F3/c16-12-3-1-2-11(14(12)18)13(17)8-9-4-6-10(7-5-9)15(19,20)21/h1-7,13H,8H2. The molecule has 0 radical (unpaired) electrons. The predicted molar refractivity (Wildman–Crippen MR) is 82.9 cm³/mol. The van der Waals surface area contributed by atoms with Crippen molar-refractivity contribution in [2.45, 2.75) is 18.0 Å². The van der Waals surface area contributed by atoms with Crippen molar-refractivity contribution in [2.24, 2.45) is 0 Å². The number of rotatable bonds is 3. The van der Waals surface area contributed by atoms with E-state index in [1.54, 1.807) is 12.1 Å². The van der Waals surface area contributed by atoms with Crippen molar-refractivity contribution in [1.29, 1.82) is 0 Å². The lowest BCUT2D eigenvalue weighted by molar-refractivity contribution is -0.137. The van der Waals surface area contributed by atoms with E-state index in [1.165, 1.54) is 12.1 Å². The highest BCUT2D eigenvalue weighted by Gasteiger charge is 2.30. The van der Waals surface area contributed by atoms with Crippen LogP contribution >= 0.6 is 39.1 Å². The molecule has 0 saturated heterocycles. The highest BCUT2D eigenvalue weighted by molar-refractivity contribution is 9.10. The number of benzene rings is 2. The van der Waals surface area contributed by atoms with Gasteiger partial charge in [0, 0.05) is 4.47 Å². The molecule has 0 amide bonds. The van der Waals surface area contributed by atoms with Crippen molar-refractivity contribution < 1.29 is 13.2 Å². The first-order valence-electron chi connectivity index (χ1n) is 6.03. The second kappa shape index (κ2) is 6.59. The summed E-state index contributed by atoms with van der Waals surface area (Å²) in [6.45, 7) is 0. The zero-order valence-corrected chi connectivity index (χ0v) is 13.7. The molecule has 21 heavy (non-hydrogen) atoms. The minimum atomic E-state index is -4.33. The fourth-order valence-electron chi connectivity index (χ4n) is 1.91. The van der Waals surface area contributed by atoms with Gasteiger partial charge in [-0.2, -0.15) is 13.2 Å². The molecule has 6 heteroatoms. The molecule has 0 spiro atoms. The van der Waals surface area contributed by atoms with E-state index in [-0.39, 0.29) is 0 Å². The maximum absolute atomic E-state index is 12.5. The van der Waals surface area contributed by atoms with Crippen molar-refractivity contribution in [3.05, 3.63) is 68.7 Å². The Morgan fingerprint density at radius 1 is 1.05 bits per heavy atom. The van der Waals surface area contributed by atoms with Gasteiger partial charge in [0.25, 0.3) is 0 Å². The van der Waals surface area contributed by atoms with E-state index < -0.39 is 17.1 Å². The van der Waals surface area contributed by atoms with E-state index in [2.05, 4.69) is 15.9 Å². The van der Waals surface area contributed by atoms with Crippen LogP contribution in [0.4, 0.5) is 13.2 Å². The zero-order chi connectivity index (χ0) is 15.6. The van der Waals surface area contributed by atoms with Gasteiger partial charge >= 0.3 is 6.18 Å². The lowest BCUT2D eigenvalue weighted by Crippen LogP contribution is -2.05. The smallest absolute Gasteiger partial charge is 0.166 e. The fraction of sp³-hybridized carbons (Fsp3) is 0.200. The molecular weight excluding hydrogens is 388 g/mol. The van der Waals surface area contributed by atoms with Crippen LogP contribution in [0.1, 0.15) is 22.1 Å². The first-order chi connectivity index (χ1) is 9.79. The van der Waals surface area contributed by atoms with Gasteiger partial charge in [0.2, 0.25) is 0 Å². The fourth-order valence-corrected chi connectivity index (χ4v) is 2.96. The van der Waals surface area contributed by atoms with Gasteiger partial charge in [-0.1, -0.05) is 35.9 Å². The van der Waals surface area contributed by atoms with Gasteiger partial charge < -0.3 is 0 Å². The summed E-state index contributed by atoms with van der Waals surface area (Å²) in [6, 6.07) is 10.4. The molecule has 0 aliphatic carbocycles. The number of hydrogen-bond donors (Lipinski definition) is 0. The third-order valence-corrected chi connectivity index (χ3v) is 4.72. The van der Waals surface area contributed by atoms with Gasteiger partial charge in [-0.3, -0.25) is 0 Å². The Morgan fingerprint density at radius 2 is 1.67 bits per heavy atom. The van der Waals surface area contributed by atoms with Crippen LogP contribution in [0.15, 0.2) is 46.9 Å². The maximum atomic E-state index is 12.5. The largest absolute Gasteiger partial charge is 0.416 e. The van der Waals surface area contributed by atoms with Crippen LogP contribution in [0, 0.1) is 0 Å². The molecule has 0 heterocycles. The molecule has 0 aliphatic heterocycles. The van der Waals surface area contributed by atoms with Crippen LogP contribution in [0.25, 0.3) is 0 Å². The highest BCUT2D eigenvalue weighted by Crippen LogP contribution is 2.35. The summed E-state index contributed by atoms with van der Waals surface area (Å²) in [5.74, 6) is 0. The van der Waals surface area contributed by atoms with Gasteiger partial charge in [0.15, 0.2) is 0 Å². The van der Waals surface area contributed by atoms with Crippen LogP contribution in [0.5, 0.6) is 0 Å². The van der Waals surface area contributed by atoms with Crippen LogP contribution in [0.3, 0.4) is 0 Å². The van der Waals surface area contributed by atoms with E-state index in [0.29, 0.717) is 11.4 Å². The van der Waals surface area contributed by atoms with E-state index in [0.717, 1.165) is 27.7 Å². The number of alkyl halides is 4.